The van der Waals surface area contributed by atoms with Gasteiger partial charge >= 0.3 is 5.97 Å². The fraction of sp³-hybridized carbons (Fsp3) is 0.300. The number of nitrogens with one attached hydrogen (secondary N) is 2. The van der Waals surface area contributed by atoms with Crippen LogP contribution in [0.25, 0.3) is 0 Å². The predicted octanol–water partition coefficient (Wildman–Crippen LogP) is 7.14. The van der Waals surface area contributed by atoms with Gasteiger partial charge in [0, 0.05) is 28.7 Å². The number of esters is 1. The minimum Gasteiger partial charge on any atom is -0.457 e. The molecule has 0 aliphatic rings. The van der Waals surface area contributed by atoms with Gasteiger partial charge in [0.2, 0.25) is 5.91 Å². The Morgan fingerprint density at radius 1 is 0.816 bits per heavy atom. The fourth-order valence-corrected chi connectivity index (χ4v) is 4.03. The van der Waals surface area contributed by atoms with Crippen LogP contribution in [-0.4, -0.2) is 24.4 Å². The van der Waals surface area contributed by atoms with Crippen molar-refractivity contribution >= 4 is 45.1 Å². The molecule has 0 unspecified atom stereocenters. The van der Waals surface area contributed by atoms with E-state index < -0.39 is 11.9 Å². The summed E-state index contributed by atoms with van der Waals surface area (Å²) in [5, 5.41) is 5.51. The molecule has 0 heterocycles. The Hall–Kier alpha value is -3.65. The van der Waals surface area contributed by atoms with E-state index in [0.717, 1.165) is 15.8 Å². The number of amides is 2. The number of benzene rings is 3. The first-order chi connectivity index (χ1) is 18.0. The van der Waals surface area contributed by atoms with E-state index in [4.69, 9.17) is 9.47 Å². The minimum absolute atomic E-state index is 0.0405. The van der Waals surface area contributed by atoms with Crippen LogP contribution in [0.2, 0.25) is 0 Å². The lowest BCUT2D eigenvalue weighted by Crippen LogP contribution is -2.21. The number of hydrogen-bond acceptors (Lipinski definition) is 5. The quantitative estimate of drug-likeness (QED) is 0.248. The molecule has 0 spiro atoms. The van der Waals surface area contributed by atoms with Gasteiger partial charge in [-0.05, 0) is 84.5 Å². The number of aryl methyl sites for hydroxylation is 1. The Labute approximate surface area is 232 Å². The summed E-state index contributed by atoms with van der Waals surface area (Å²) in [7, 11) is 0. The summed E-state index contributed by atoms with van der Waals surface area (Å²) < 4.78 is 11.8. The molecule has 0 aliphatic heterocycles. The van der Waals surface area contributed by atoms with Crippen molar-refractivity contribution in [3.8, 4) is 11.5 Å². The molecular formula is C30H33BrN2O5. The van der Waals surface area contributed by atoms with Crippen molar-refractivity contribution in [3.63, 3.8) is 0 Å². The highest BCUT2D eigenvalue weighted by atomic mass is 79.9. The first-order valence-electron chi connectivity index (χ1n) is 12.4. The second-order valence-electron chi connectivity index (χ2n) is 9.97. The van der Waals surface area contributed by atoms with Gasteiger partial charge in [-0.1, -0.05) is 48.8 Å². The zero-order valence-corrected chi connectivity index (χ0v) is 23.7. The molecular weight excluding hydrogens is 548 g/mol. The summed E-state index contributed by atoms with van der Waals surface area (Å²) in [6.45, 7) is 7.98. The Kier molecular flexibility index (Phi) is 10.1. The van der Waals surface area contributed by atoms with Crippen LogP contribution in [0.4, 0.5) is 11.4 Å². The molecule has 7 nitrogen and oxygen atoms in total. The van der Waals surface area contributed by atoms with Gasteiger partial charge < -0.3 is 20.1 Å². The molecule has 2 N–H and O–H groups in total. The van der Waals surface area contributed by atoms with E-state index in [1.807, 2.05) is 31.2 Å². The number of carbonyl (C=O) groups excluding carboxylic acids is 3. The average molecular weight is 582 g/mol. The summed E-state index contributed by atoms with van der Waals surface area (Å²) in [6, 6.07) is 20.5. The first kappa shape index (κ1) is 28.9. The second kappa shape index (κ2) is 13.2. The third kappa shape index (κ3) is 9.34. The van der Waals surface area contributed by atoms with Crippen molar-refractivity contribution in [2.75, 3.05) is 17.2 Å². The van der Waals surface area contributed by atoms with Crippen LogP contribution in [0.3, 0.4) is 0 Å². The number of halogens is 1. The van der Waals surface area contributed by atoms with Crippen LogP contribution in [0.1, 0.15) is 51.2 Å². The van der Waals surface area contributed by atoms with Crippen molar-refractivity contribution in [2.45, 2.75) is 52.4 Å². The predicted molar refractivity (Wildman–Crippen MR) is 153 cm³/mol. The van der Waals surface area contributed by atoms with E-state index in [0.29, 0.717) is 23.5 Å². The molecule has 0 atom stereocenters. The standard InChI is InChI=1S/C30H33BrN2O5/c1-20-18-22(31)10-17-26(20)33-28(35)19-37-29(36)7-5-6-27(34)32-23-11-15-25(16-12-23)38-24-13-8-21(9-14-24)30(2,3)4/h8-18H,5-7,19H2,1-4H3,(H,32,34)(H,33,35). The highest BCUT2D eigenvalue weighted by Crippen LogP contribution is 2.27. The number of ether oxygens (including phenoxy) is 2. The molecule has 3 aromatic carbocycles. The molecule has 0 saturated heterocycles. The van der Waals surface area contributed by atoms with Crippen molar-refractivity contribution in [2.24, 2.45) is 0 Å². The third-order valence-electron chi connectivity index (χ3n) is 5.71. The van der Waals surface area contributed by atoms with Crippen LogP contribution >= 0.6 is 15.9 Å². The van der Waals surface area contributed by atoms with Crippen LogP contribution < -0.4 is 15.4 Å². The highest BCUT2D eigenvalue weighted by molar-refractivity contribution is 9.10. The third-order valence-corrected chi connectivity index (χ3v) is 6.20. The number of carbonyl (C=O) groups is 3. The van der Waals surface area contributed by atoms with Gasteiger partial charge in [0.25, 0.3) is 5.91 Å². The Balaban J connectivity index is 1.35. The molecule has 0 radical (unpaired) electrons. The van der Waals surface area contributed by atoms with Crippen molar-refractivity contribution in [1.29, 1.82) is 0 Å². The van der Waals surface area contributed by atoms with Crippen molar-refractivity contribution in [1.82, 2.24) is 0 Å². The lowest BCUT2D eigenvalue weighted by Gasteiger charge is -2.19. The fourth-order valence-electron chi connectivity index (χ4n) is 3.55. The maximum Gasteiger partial charge on any atom is 0.306 e. The Bertz CT molecular complexity index is 1270. The van der Waals surface area contributed by atoms with Gasteiger partial charge in [-0.25, -0.2) is 0 Å². The lowest BCUT2D eigenvalue weighted by molar-refractivity contribution is -0.147. The maximum absolute atomic E-state index is 12.2. The van der Waals surface area contributed by atoms with E-state index in [2.05, 4.69) is 59.5 Å². The van der Waals surface area contributed by atoms with E-state index in [-0.39, 0.29) is 30.8 Å². The van der Waals surface area contributed by atoms with Crippen LogP contribution in [0.15, 0.2) is 71.2 Å². The molecule has 0 bridgehead atoms. The van der Waals surface area contributed by atoms with E-state index in [1.165, 1.54) is 5.56 Å². The Morgan fingerprint density at radius 3 is 2.05 bits per heavy atom. The number of anilines is 2. The smallest absolute Gasteiger partial charge is 0.306 e. The summed E-state index contributed by atoms with van der Waals surface area (Å²) in [4.78, 5) is 36.2. The molecule has 200 valence electrons. The van der Waals surface area contributed by atoms with Gasteiger partial charge in [-0.2, -0.15) is 0 Å². The normalized spacial score (nSPS) is 11.0. The minimum atomic E-state index is -0.530. The summed E-state index contributed by atoms with van der Waals surface area (Å²) in [6.07, 6.45) is 0.500. The maximum atomic E-state index is 12.2. The van der Waals surface area contributed by atoms with Crippen LogP contribution in [0, 0.1) is 6.92 Å². The average Bonchev–Trinajstić information content (AvgIpc) is 2.85. The van der Waals surface area contributed by atoms with E-state index in [1.54, 1.807) is 30.3 Å². The van der Waals surface area contributed by atoms with Gasteiger partial charge in [0.15, 0.2) is 6.61 Å². The Morgan fingerprint density at radius 2 is 1.45 bits per heavy atom. The largest absolute Gasteiger partial charge is 0.457 e. The van der Waals surface area contributed by atoms with E-state index >= 15 is 0 Å². The van der Waals surface area contributed by atoms with Crippen molar-refractivity contribution < 1.29 is 23.9 Å². The summed E-state index contributed by atoms with van der Waals surface area (Å²) >= 11 is 3.37. The molecule has 0 fully saturated rings. The van der Waals surface area contributed by atoms with Crippen molar-refractivity contribution in [3.05, 3.63) is 82.3 Å². The zero-order valence-electron chi connectivity index (χ0n) is 22.1. The molecule has 2 amide bonds. The molecule has 0 aromatic heterocycles. The van der Waals surface area contributed by atoms with Gasteiger partial charge in [-0.3, -0.25) is 14.4 Å². The molecule has 0 saturated carbocycles. The molecule has 3 rings (SSSR count). The lowest BCUT2D eigenvalue weighted by atomic mass is 9.87. The molecule has 3 aromatic rings. The van der Waals surface area contributed by atoms with Gasteiger partial charge in [0.05, 0.1) is 0 Å². The van der Waals surface area contributed by atoms with E-state index in [9.17, 15) is 14.4 Å². The molecule has 8 heteroatoms. The SMILES string of the molecule is Cc1cc(Br)ccc1NC(=O)COC(=O)CCCC(=O)Nc1ccc(Oc2ccc(C(C)(C)C)cc2)cc1. The number of rotatable bonds is 10. The molecule has 38 heavy (non-hydrogen) atoms. The first-order valence-corrected chi connectivity index (χ1v) is 13.2. The van der Waals surface area contributed by atoms with Crippen LogP contribution in [-0.2, 0) is 24.5 Å². The topological polar surface area (TPSA) is 93.7 Å². The zero-order chi connectivity index (χ0) is 27.7. The highest BCUT2D eigenvalue weighted by Gasteiger charge is 2.13. The van der Waals surface area contributed by atoms with Crippen LogP contribution in [0.5, 0.6) is 11.5 Å². The van der Waals surface area contributed by atoms with Gasteiger partial charge in [-0.15, -0.1) is 0 Å². The summed E-state index contributed by atoms with van der Waals surface area (Å²) in [5.41, 5.74) is 3.48. The monoisotopic (exact) mass is 580 g/mol. The summed E-state index contributed by atoms with van der Waals surface area (Å²) in [5.74, 6) is 0.234. The number of hydrogen-bond donors (Lipinski definition) is 2. The molecule has 0 aliphatic carbocycles. The van der Waals surface area contributed by atoms with Gasteiger partial charge in [0.1, 0.15) is 11.5 Å². The second-order valence-corrected chi connectivity index (χ2v) is 10.9.